The first kappa shape index (κ1) is 11.3. The van der Waals surface area contributed by atoms with E-state index in [9.17, 15) is 4.79 Å². The first-order valence-corrected chi connectivity index (χ1v) is 4.46. The van der Waals surface area contributed by atoms with Crippen LogP contribution in [0.1, 0.15) is 12.8 Å². The molecule has 0 fully saturated rings. The molecule has 0 aliphatic carbocycles. The molecule has 0 unspecified atom stereocenters. The summed E-state index contributed by atoms with van der Waals surface area (Å²) in [7, 11) is 0. The van der Waals surface area contributed by atoms with Gasteiger partial charge in [0.05, 0.1) is 0 Å². The van der Waals surface area contributed by atoms with E-state index in [4.69, 9.17) is 20.1 Å². The Kier molecular flexibility index (Phi) is 3.93. The second-order valence-electron chi connectivity index (χ2n) is 2.99. The summed E-state index contributed by atoms with van der Waals surface area (Å²) in [5, 5.41) is 26.7. The molecule has 82 valence electrons. The van der Waals surface area contributed by atoms with Crippen molar-refractivity contribution in [2.24, 2.45) is 0 Å². The third kappa shape index (κ3) is 3.86. The highest BCUT2D eigenvalue weighted by Crippen LogP contribution is 2.25. The van der Waals surface area contributed by atoms with E-state index in [-0.39, 0.29) is 30.3 Å². The van der Waals surface area contributed by atoms with E-state index in [0.717, 1.165) is 6.07 Å². The van der Waals surface area contributed by atoms with Gasteiger partial charge in [-0.05, 0) is 6.42 Å². The summed E-state index contributed by atoms with van der Waals surface area (Å²) in [5.74, 6) is -0.801. The smallest absolute Gasteiger partial charge is 0.311 e. The summed E-state index contributed by atoms with van der Waals surface area (Å²) in [6.45, 7) is -0.0829. The van der Waals surface area contributed by atoms with Crippen molar-refractivity contribution in [2.45, 2.75) is 12.8 Å². The van der Waals surface area contributed by atoms with Gasteiger partial charge in [0, 0.05) is 31.2 Å². The summed E-state index contributed by atoms with van der Waals surface area (Å²) in [6.07, 6.45) is 0.413. The Hall–Kier alpha value is -1.75. The van der Waals surface area contributed by atoms with Crippen LogP contribution in [0.4, 0.5) is 0 Å². The van der Waals surface area contributed by atoms with E-state index in [0.29, 0.717) is 6.42 Å². The normalized spacial score (nSPS) is 9.93. The highest BCUT2D eigenvalue weighted by atomic mass is 16.5. The minimum atomic E-state index is -0.519. The average Bonchev–Trinajstić information content (AvgIpc) is 2.13. The summed E-state index contributed by atoms with van der Waals surface area (Å²) >= 11 is 0. The van der Waals surface area contributed by atoms with Gasteiger partial charge in [0.2, 0.25) is 0 Å². The van der Waals surface area contributed by atoms with Gasteiger partial charge in [-0.3, -0.25) is 4.79 Å². The monoisotopic (exact) mass is 212 g/mol. The van der Waals surface area contributed by atoms with Crippen LogP contribution in [-0.4, -0.2) is 27.9 Å². The molecule has 0 aromatic heterocycles. The number of phenolic OH excluding ortho intramolecular Hbond substituents is 2. The number of phenols is 2. The Labute approximate surface area is 86.5 Å². The third-order valence-corrected chi connectivity index (χ3v) is 1.65. The number of aliphatic hydroxyl groups is 1. The van der Waals surface area contributed by atoms with Crippen LogP contribution in [0.5, 0.6) is 17.2 Å². The highest BCUT2D eigenvalue weighted by molar-refractivity contribution is 5.72. The van der Waals surface area contributed by atoms with Crippen molar-refractivity contribution in [1.82, 2.24) is 0 Å². The van der Waals surface area contributed by atoms with Crippen LogP contribution in [0.25, 0.3) is 0 Å². The summed E-state index contributed by atoms with van der Waals surface area (Å²) < 4.78 is 4.81. The maximum absolute atomic E-state index is 11.1. The van der Waals surface area contributed by atoms with Gasteiger partial charge in [0.15, 0.2) is 0 Å². The molecule has 5 heteroatoms. The van der Waals surface area contributed by atoms with Crippen molar-refractivity contribution < 1.29 is 24.9 Å². The van der Waals surface area contributed by atoms with Gasteiger partial charge in [-0.1, -0.05) is 0 Å². The van der Waals surface area contributed by atoms with Gasteiger partial charge < -0.3 is 20.1 Å². The van der Waals surface area contributed by atoms with E-state index in [1.165, 1.54) is 12.1 Å². The second-order valence-corrected chi connectivity index (χ2v) is 2.99. The average molecular weight is 212 g/mol. The molecule has 0 saturated heterocycles. The lowest BCUT2D eigenvalue weighted by Gasteiger charge is -2.04. The fraction of sp³-hybridized carbons (Fsp3) is 0.300. The van der Waals surface area contributed by atoms with Gasteiger partial charge in [0.1, 0.15) is 17.2 Å². The number of ether oxygens (including phenoxy) is 1. The maximum atomic E-state index is 11.1. The van der Waals surface area contributed by atoms with Crippen LogP contribution in [0.3, 0.4) is 0 Å². The molecule has 1 aromatic carbocycles. The standard InChI is InChI=1S/C10H12O5/c11-3-1-2-10(14)15-9-5-7(12)4-8(13)6-9/h4-6,11-13H,1-3H2. The molecule has 0 radical (unpaired) electrons. The zero-order chi connectivity index (χ0) is 11.3. The van der Waals surface area contributed by atoms with E-state index >= 15 is 0 Å². The first-order chi connectivity index (χ1) is 7.11. The van der Waals surface area contributed by atoms with Gasteiger partial charge in [0.25, 0.3) is 0 Å². The van der Waals surface area contributed by atoms with Crippen molar-refractivity contribution >= 4 is 5.97 Å². The summed E-state index contributed by atoms with van der Waals surface area (Å²) in [4.78, 5) is 11.1. The van der Waals surface area contributed by atoms with Crippen LogP contribution in [-0.2, 0) is 4.79 Å². The van der Waals surface area contributed by atoms with Crippen molar-refractivity contribution in [3.05, 3.63) is 18.2 Å². The van der Waals surface area contributed by atoms with Crippen LogP contribution < -0.4 is 4.74 Å². The number of rotatable bonds is 4. The number of esters is 1. The fourth-order valence-electron chi connectivity index (χ4n) is 1.03. The minimum absolute atomic E-state index is 0.0791. The molecule has 3 N–H and O–H groups in total. The number of hydrogen-bond donors (Lipinski definition) is 3. The lowest BCUT2D eigenvalue weighted by atomic mass is 10.3. The number of benzene rings is 1. The molecule has 0 atom stereocenters. The molecule has 0 bridgehead atoms. The Morgan fingerprint density at radius 1 is 1.20 bits per heavy atom. The molecule has 0 saturated carbocycles. The molecule has 5 nitrogen and oxygen atoms in total. The van der Waals surface area contributed by atoms with Crippen molar-refractivity contribution in [1.29, 1.82) is 0 Å². The molecule has 15 heavy (non-hydrogen) atoms. The van der Waals surface area contributed by atoms with Crippen molar-refractivity contribution in [2.75, 3.05) is 6.61 Å². The van der Waals surface area contributed by atoms with E-state index < -0.39 is 5.97 Å². The fourth-order valence-corrected chi connectivity index (χ4v) is 1.03. The molecule has 0 heterocycles. The molecule has 0 aliphatic rings. The number of carbonyl (C=O) groups is 1. The SMILES string of the molecule is O=C(CCCO)Oc1cc(O)cc(O)c1. The molecular weight excluding hydrogens is 200 g/mol. The van der Waals surface area contributed by atoms with Crippen LogP contribution >= 0.6 is 0 Å². The molecule has 0 aliphatic heterocycles. The van der Waals surface area contributed by atoms with Gasteiger partial charge in [-0.15, -0.1) is 0 Å². The number of aliphatic hydroxyl groups excluding tert-OH is 1. The summed E-state index contributed by atoms with van der Waals surface area (Å²) in [5.41, 5.74) is 0. The van der Waals surface area contributed by atoms with Gasteiger partial charge in [-0.2, -0.15) is 0 Å². The second kappa shape index (κ2) is 5.21. The minimum Gasteiger partial charge on any atom is -0.508 e. The van der Waals surface area contributed by atoms with E-state index in [1.54, 1.807) is 0 Å². The van der Waals surface area contributed by atoms with Crippen LogP contribution in [0.2, 0.25) is 0 Å². The molecule has 1 rings (SSSR count). The maximum Gasteiger partial charge on any atom is 0.311 e. The largest absolute Gasteiger partial charge is 0.508 e. The zero-order valence-corrected chi connectivity index (χ0v) is 8.01. The third-order valence-electron chi connectivity index (χ3n) is 1.65. The number of carbonyl (C=O) groups excluding carboxylic acids is 1. The molecular formula is C10H12O5. The summed E-state index contributed by atoms with van der Waals surface area (Å²) in [6, 6.07) is 3.57. The topological polar surface area (TPSA) is 87.0 Å². The van der Waals surface area contributed by atoms with Gasteiger partial charge >= 0.3 is 5.97 Å². The molecule has 0 amide bonds. The predicted molar refractivity (Wildman–Crippen MR) is 51.7 cm³/mol. The quantitative estimate of drug-likeness (QED) is 0.507. The Morgan fingerprint density at radius 2 is 1.80 bits per heavy atom. The number of aromatic hydroxyl groups is 2. The van der Waals surface area contributed by atoms with E-state index in [1.807, 2.05) is 0 Å². The molecule has 0 spiro atoms. The first-order valence-electron chi connectivity index (χ1n) is 4.46. The van der Waals surface area contributed by atoms with Crippen LogP contribution in [0, 0.1) is 0 Å². The highest BCUT2D eigenvalue weighted by Gasteiger charge is 2.06. The Balaban J connectivity index is 2.60. The predicted octanol–water partition coefficient (Wildman–Crippen LogP) is 0.776. The van der Waals surface area contributed by atoms with Crippen molar-refractivity contribution in [3.63, 3.8) is 0 Å². The van der Waals surface area contributed by atoms with Crippen LogP contribution in [0.15, 0.2) is 18.2 Å². The lowest BCUT2D eigenvalue weighted by molar-refractivity contribution is -0.134. The lowest BCUT2D eigenvalue weighted by Crippen LogP contribution is -2.08. The Bertz CT molecular complexity index is 327. The zero-order valence-electron chi connectivity index (χ0n) is 8.01. The number of hydrogen-bond acceptors (Lipinski definition) is 5. The Morgan fingerprint density at radius 3 is 2.33 bits per heavy atom. The van der Waals surface area contributed by atoms with Crippen molar-refractivity contribution in [3.8, 4) is 17.2 Å². The van der Waals surface area contributed by atoms with Gasteiger partial charge in [-0.25, -0.2) is 0 Å². The van der Waals surface area contributed by atoms with E-state index in [2.05, 4.69) is 0 Å². The molecule has 1 aromatic rings.